The molecule has 1 aliphatic rings. The molecule has 0 amide bonds. The van der Waals surface area contributed by atoms with Gasteiger partial charge in [-0.15, -0.1) is 0 Å². The zero-order valence-corrected chi connectivity index (χ0v) is 14.6. The topological polar surface area (TPSA) is 105 Å². The number of ether oxygens (including phenoxy) is 4. The Hall–Kier alpha value is -2.64. The van der Waals surface area contributed by atoms with Crippen LogP contribution in [0.4, 0.5) is 0 Å². The Kier molecular flexibility index (Phi) is 9.74. The molecular weight excluding hydrogens is 344 g/mol. The monoisotopic (exact) mass is 368 g/mol. The molecule has 0 N–H and O–H groups in total. The van der Waals surface area contributed by atoms with E-state index in [1.54, 1.807) is 0 Å². The first kappa shape index (κ1) is 21.4. The maximum Gasteiger partial charge on any atom is 0.330 e. The Balaban J connectivity index is 2.41. The molecule has 1 rings (SSSR count). The standard InChI is InChI=1S/C18H24O8/c1-3-15(19)23-9-11-25-17(21)13-7-5-6-8-14(13)18(22)26-12-10-24-16(20)4-2/h3-4,13-14H,1-2,5-12H2. The third-order valence-corrected chi connectivity index (χ3v) is 3.85. The highest BCUT2D eigenvalue weighted by Crippen LogP contribution is 2.32. The van der Waals surface area contributed by atoms with E-state index in [4.69, 9.17) is 18.9 Å². The lowest BCUT2D eigenvalue weighted by atomic mass is 9.79. The summed E-state index contributed by atoms with van der Waals surface area (Å²) in [5.41, 5.74) is 0. The van der Waals surface area contributed by atoms with Crippen LogP contribution in [0.1, 0.15) is 25.7 Å². The summed E-state index contributed by atoms with van der Waals surface area (Å²) in [6, 6.07) is 0. The molecule has 1 saturated carbocycles. The number of rotatable bonds is 10. The van der Waals surface area contributed by atoms with Crippen molar-refractivity contribution in [1.82, 2.24) is 0 Å². The number of hydrogen-bond acceptors (Lipinski definition) is 8. The lowest BCUT2D eigenvalue weighted by Crippen LogP contribution is -2.35. The average Bonchev–Trinajstić information content (AvgIpc) is 2.67. The van der Waals surface area contributed by atoms with Crippen molar-refractivity contribution >= 4 is 23.9 Å². The molecule has 0 aromatic rings. The van der Waals surface area contributed by atoms with Gasteiger partial charge in [0.2, 0.25) is 0 Å². The van der Waals surface area contributed by atoms with Crippen LogP contribution < -0.4 is 0 Å². The van der Waals surface area contributed by atoms with Gasteiger partial charge in [-0.05, 0) is 12.8 Å². The maximum absolute atomic E-state index is 12.2. The Morgan fingerprint density at radius 2 is 1.04 bits per heavy atom. The molecule has 1 aliphatic carbocycles. The minimum absolute atomic E-state index is 0.0763. The Morgan fingerprint density at radius 3 is 1.38 bits per heavy atom. The van der Waals surface area contributed by atoms with Gasteiger partial charge in [0.15, 0.2) is 0 Å². The summed E-state index contributed by atoms with van der Waals surface area (Å²) in [4.78, 5) is 46.2. The first-order chi connectivity index (χ1) is 12.5. The van der Waals surface area contributed by atoms with Crippen molar-refractivity contribution in [3.63, 3.8) is 0 Å². The van der Waals surface area contributed by atoms with Crippen molar-refractivity contribution in [3.05, 3.63) is 25.3 Å². The zero-order chi connectivity index (χ0) is 19.4. The molecule has 8 nitrogen and oxygen atoms in total. The van der Waals surface area contributed by atoms with Crippen LogP contribution in [0.2, 0.25) is 0 Å². The normalized spacial score (nSPS) is 18.9. The van der Waals surface area contributed by atoms with Gasteiger partial charge in [-0.2, -0.15) is 0 Å². The molecule has 2 atom stereocenters. The molecule has 2 unspecified atom stereocenters. The third-order valence-electron chi connectivity index (χ3n) is 3.85. The molecular formula is C18H24O8. The summed E-state index contributed by atoms with van der Waals surface area (Å²) in [5, 5.41) is 0. The van der Waals surface area contributed by atoms with Crippen LogP contribution in [0, 0.1) is 11.8 Å². The Morgan fingerprint density at radius 1 is 0.692 bits per heavy atom. The summed E-state index contributed by atoms with van der Waals surface area (Å²) < 4.78 is 19.6. The van der Waals surface area contributed by atoms with Crippen molar-refractivity contribution in [2.45, 2.75) is 25.7 Å². The van der Waals surface area contributed by atoms with E-state index in [0.717, 1.165) is 25.0 Å². The summed E-state index contributed by atoms with van der Waals surface area (Å²) >= 11 is 0. The molecule has 0 aromatic carbocycles. The predicted molar refractivity (Wildman–Crippen MR) is 89.7 cm³/mol. The molecule has 26 heavy (non-hydrogen) atoms. The van der Waals surface area contributed by atoms with Crippen molar-refractivity contribution in [2.75, 3.05) is 26.4 Å². The summed E-state index contributed by atoms with van der Waals surface area (Å²) in [5.74, 6) is -3.42. The van der Waals surface area contributed by atoms with Crippen LogP contribution in [0.15, 0.2) is 25.3 Å². The second-order valence-corrected chi connectivity index (χ2v) is 5.58. The quantitative estimate of drug-likeness (QED) is 0.246. The summed E-state index contributed by atoms with van der Waals surface area (Å²) in [6.45, 7) is 6.18. The van der Waals surface area contributed by atoms with E-state index in [0.29, 0.717) is 12.8 Å². The maximum atomic E-state index is 12.2. The van der Waals surface area contributed by atoms with Gasteiger partial charge in [-0.1, -0.05) is 26.0 Å². The number of esters is 4. The van der Waals surface area contributed by atoms with E-state index in [-0.39, 0.29) is 26.4 Å². The highest BCUT2D eigenvalue weighted by molar-refractivity contribution is 5.83. The first-order valence-corrected chi connectivity index (χ1v) is 8.41. The van der Waals surface area contributed by atoms with Gasteiger partial charge in [0.25, 0.3) is 0 Å². The Bertz CT molecular complexity index is 491. The number of hydrogen-bond donors (Lipinski definition) is 0. The molecule has 0 radical (unpaired) electrons. The van der Waals surface area contributed by atoms with Gasteiger partial charge in [0.05, 0.1) is 11.8 Å². The van der Waals surface area contributed by atoms with Crippen molar-refractivity contribution in [2.24, 2.45) is 11.8 Å². The van der Waals surface area contributed by atoms with Crippen LogP contribution in [0.3, 0.4) is 0 Å². The molecule has 0 aromatic heterocycles. The van der Waals surface area contributed by atoms with E-state index in [1.165, 1.54) is 0 Å². The van der Waals surface area contributed by atoms with Crippen LogP contribution >= 0.6 is 0 Å². The van der Waals surface area contributed by atoms with E-state index in [2.05, 4.69) is 13.2 Å². The van der Waals surface area contributed by atoms with Crippen LogP contribution in [-0.2, 0) is 38.1 Å². The van der Waals surface area contributed by atoms with Crippen molar-refractivity contribution in [1.29, 1.82) is 0 Å². The third kappa shape index (κ3) is 7.50. The number of carbonyl (C=O) groups excluding carboxylic acids is 4. The Labute approximate surface area is 152 Å². The molecule has 0 saturated heterocycles. The van der Waals surface area contributed by atoms with Crippen molar-refractivity contribution < 1.29 is 38.1 Å². The second kappa shape index (κ2) is 11.8. The first-order valence-electron chi connectivity index (χ1n) is 8.41. The van der Waals surface area contributed by atoms with Gasteiger partial charge >= 0.3 is 23.9 Å². The summed E-state index contributed by atoms with van der Waals surface area (Å²) in [6.07, 6.45) is 4.70. The average molecular weight is 368 g/mol. The van der Waals surface area contributed by atoms with Crippen LogP contribution in [0.5, 0.6) is 0 Å². The predicted octanol–water partition coefficient (Wildman–Crippen LogP) is 1.34. The molecule has 0 spiro atoms. The molecule has 8 heteroatoms. The van der Waals surface area contributed by atoms with Gasteiger partial charge in [-0.3, -0.25) is 9.59 Å². The van der Waals surface area contributed by atoms with E-state index < -0.39 is 35.7 Å². The van der Waals surface area contributed by atoms with Crippen LogP contribution in [0.25, 0.3) is 0 Å². The van der Waals surface area contributed by atoms with Gasteiger partial charge in [-0.25, -0.2) is 9.59 Å². The largest absolute Gasteiger partial charge is 0.462 e. The molecule has 0 bridgehead atoms. The minimum atomic E-state index is -0.600. The van der Waals surface area contributed by atoms with E-state index >= 15 is 0 Å². The smallest absolute Gasteiger partial charge is 0.330 e. The van der Waals surface area contributed by atoms with E-state index in [9.17, 15) is 19.2 Å². The molecule has 0 heterocycles. The molecule has 144 valence electrons. The SMILES string of the molecule is C=CC(=O)OCCOC(=O)C1CCCCC1C(=O)OCCOC(=O)C=C. The summed E-state index contributed by atoms with van der Waals surface area (Å²) in [7, 11) is 0. The van der Waals surface area contributed by atoms with Gasteiger partial charge in [0.1, 0.15) is 26.4 Å². The fourth-order valence-electron chi connectivity index (χ4n) is 2.60. The van der Waals surface area contributed by atoms with Gasteiger partial charge in [0, 0.05) is 12.2 Å². The van der Waals surface area contributed by atoms with E-state index in [1.807, 2.05) is 0 Å². The number of carbonyl (C=O) groups is 4. The minimum Gasteiger partial charge on any atom is -0.462 e. The van der Waals surface area contributed by atoms with Gasteiger partial charge < -0.3 is 18.9 Å². The zero-order valence-electron chi connectivity index (χ0n) is 14.6. The highest BCUT2D eigenvalue weighted by Gasteiger charge is 2.37. The fourth-order valence-corrected chi connectivity index (χ4v) is 2.60. The lowest BCUT2D eigenvalue weighted by molar-refractivity contribution is -0.165. The molecule has 1 fully saturated rings. The van der Waals surface area contributed by atoms with Crippen molar-refractivity contribution in [3.8, 4) is 0 Å². The fraction of sp³-hybridized carbons (Fsp3) is 0.556. The molecule has 0 aliphatic heterocycles. The second-order valence-electron chi connectivity index (χ2n) is 5.58. The lowest BCUT2D eigenvalue weighted by Gasteiger charge is -2.28. The van der Waals surface area contributed by atoms with Crippen LogP contribution in [-0.4, -0.2) is 50.3 Å². The highest BCUT2D eigenvalue weighted by atomic mass is 16.6.